The van der Waals surface area contributed by atoms with Crippen LogP contribution in [0.4, 0.5) is 0 Å². The maximum Gasteiger partial charge on any atom is 0.159 e. The minimum Gasteiger partial charge on any atom is -0.457 e. The van der Waals surface area contributed by atoms with Crippen molar-refractivity contribution < 1.29 is 4.74 Å². The van der Waals surface area contributed by atoms with Gasteiger partial charge in [-0.25, -0.2) is 9.98 Å². The van der Waals surface area contributed by atoms with Crippen molar-refractivity contribution in [2.24, 2.45) is 9.98 Å². The lowest BCUT2D eigenvalue weighted by molar-refractivity contribution is 0.436. The molecule has 1 spiro atoms. The molecule has 250 valence electrons. The van der Waals surface area contributed by atoms with Gasteiger partial charge in [0.05, 0.1) is 10.9 Å². The summed E-state index contributed by atoms with van der Waals surface area (Å²) in [5.74, 6) is 3.17. The van der Waals surface area contributed by atoms with E-state index in [1.54, 1.807) is 0 Å². The molecule has 5 heteroatoms. The molecule has 0 fully saturated rings. The van der Waals surface area contributed by atoms with E-state index in [9.17, 15) is 0 Å². The highest BCUT2D eigenvalue weighted by Gasteiger charge is 2.51. The second-order valence-electron chi connectivity index (χ2n) is 13.8. The van der Waals surface area contributed by atoms with E-state index in [4.69, 9.17) is 14.7 Å². The largest absolute Gasteiger partial charge is 0.457 e. The van der Waals surface area contributed by atoms with Crippen molar-refractivity contribution in [1.29, 1.82) is 0 Å². The van der Waals surface area contributed by atoms with E-state index < -0.39 is 5.41 Å². The van der Waals surface area contributed by atoms with Crippen molar-refractivity contribution >= 4 is 22.6 Å². The van der Waals surface area contributed by atoms with E-state index in [0.29, 0.717) is 5.84 Å². The number of H-pyrrole nitrogens is 1. The number of hydrogen-bond acceptors (Lipinski definition) is 4. The number of nitrogens with one attached hydrogen (secondary N) is 2. The van der Waals surface area contributed by atoms with Crippen molar-refractivity contribution in [3.05, 3.63) is 215 Å². The van der Waals surface area contributed by atoms with E-state index in [1.165, 1.54) is 33.2 Å². The molecule has 1 unspecified atom stereocenters. The average molecular weight is 681 g/mol. The number of para-hydroxylation sites is 2. The molecule has 53 heavy (non-hydrogen) atoms. The maximum absolute atomic E-state index is 6.70. The Labute approximate surface area is 307 Å². The number of rotatable bonds is 4. The molecule has 3 heterocycles. The van der Waals surface area contributed by atoms with Gasteiger partial charge >= 0.3 is 0 Å². The molecule has 0 saturated carbocycles. The van der Waals surface area contributed by atoms with Crippen LogP contribution in [0.1, 0.15) is 45.1 Å². The Hall–Kier alpha value is -6.98. The molecule has 0 amide bonds. The second kappa shape index (κ2) is 11.5. The van der Waals surface area contributed by atoms with Crippen LogP contribution < -0.4 is 10.1 Å². The summed E-state index contributed by atoms with van der Waals surface area (Å²) in [4.78, 5) is 13.8. The number of aliphatic imine (C=N–C) groups is 2. The summed E-state index contributed by atoms with van der Waals surface area (Å²) in [6.45, 7) is 0. The quantitative estimate of drug-likeness (QED) is 0.194. The van der Waals surface area contributed by atoms with Crippen LogP contribution in [0.15, 0.2) is 186 Å². The summed E-state index contributed by atoms with van der Waals surface area (Å²) in [5, 5.41) is 4.90. The Kier molecular flexibility index (Phi) is 6.46. The lowest BCUT2D eigenvalue weighted by Gasteiger charge is -2.39. The fourth-order valence-electron chi connectivity index (χ4n) is 8.66. The number of aromatic nitrogens is 1. The Balaban J connectivity index is 1.07. The third kappa shape index (κ3) is 4.44. The lowest BCUT2D eigenvalue weighted by Crippen LogP contribution is -2.35. The number of amidine groups is 2. The molecule has 2 N–H and O–H groups in total. The Morgan fingerprint density at radius 1 is 0.509 bits per heavy atom. The molecule has 0 radical (unpaired) electrons. The first-order valence-electron chi connectivity index (χ1n) is 18.0. The van der Waals surface area contributed by atoms with Crippen LogP contribution in [0, 0.1) is 0 Å². The molecule has 3 aliphatic rings. The minimum absolute atomic E-state index is 0.319. The number of nitrogens with zero attached hydrogens (tertiary/aromatic N) is 2. The highest BCUT2D eigenvalue weighted by molar-refractivity contribution is 6.13. The summed E-state index contributed by atoms with van der Waals surface area (Å²) >= 11 is 0. The third-order valence-electron chi connectivity index (χ3n) is 11.0. The zero-order valence-electron chi connectivity index (χ0n) is 28.6. The first kappa shape index (κ1) is 29.7. The predicted molar refractivity (Wildman–Crippen MR) is 213 cm³/mol. The van der Waals surface area contributed by atoms with Gasteiger partial charge in [-0.2, -0.15) is 0 Å². The first-order chi connectivity index (χ1) is 26.3. The van der Waals surface area contributed by atoms with E-state index >= 15 is 0 Å². The van der Waals surface area contributed by atoms with Crippen molar-refractivity contribution in [2.75, 3.05) is 0 Å². The van der Waals surface area contributed by atoms with Crippen molar-refractivity contribution in [1.82, 2.24) is 10.3 Å². The molecule has 1 aromatic heterocycles. The smallest absolute Gasteiger partial charge is 0.159 e. The van der Waals surface area contributed by atoms with Crippen LogP contribution in [-0.4, -0.2) is 16.7 Å². The van der Waals surface area contributed by atoms with Gasteiger partial charge in [0.1, 0.15) is 23.5 Å². The van der Waals surface area contributed by atoms with Crippen LogP contribution in [-0.2, 0) is 5.41 Å². The highest BCUT2D eigenvalue weighted by atomic mass is 16.5. The molecule has 11 rings (SSSR count). The van der Waals surface area contributed by atoms with Crippen LogP contribution in [0.3, 0.4) is 0 Å². The second-order valence-corrected chi connectivity index (χ2v) is 13.8. The molecular weight excluding hydrogens is 649 g/mol. The molecule has 0 saturated heterocycles. The first-order valence-corrected chi connectivity index (χ1v) is 18.0. The molecule has 0 bridgehead atoms. The van der Waals surface area contributed by atoms with E-state index in [1.807, 2.05) is 12.3 Å². The summed E-state index contributed by atoms with van der Waals surface area (Å²) in [6, 6.07) is 60.0. The summed E-state index contributed by atoms with van der Waals surface area (Å²) in [7, 11) is 0. The van der Waals surface area contributed by atoms with Gasteiger partial charge in [0.25, 0.3) is 0 Å². The lowest BCUT2D eigenvalue weighted by atomic mass is 9.66. The molecule has 5 nitrogen and oxygen atoms in total. The van der Waals surface area contributed by atoms with Gasteiger partial charge in [-0.05, 0) is 69.1 Å². The number of hydrogen-bond donors (Lipinski definition) is 2. The normalized spacial score (nSPS) is 16.0. The standard InChI is InChI=1S/C48H32N4O/c1-2-11-32(12-3-1)45-50-46(33-23-21-30(22-24-33)35-16-10-13-31-27-28-49-44(31)35)52-47(51-45)34-25-26-43-41(29-34)48(40-19-8-9-20-42(40)53-43)38-17-6-4-14-36(38)37-15-5-7-18-39(37)48/h1-29,45,49H,(H,50,51,52). The predicted octanol–water partition coefficient (Wildman–Crippen LogP) is 10.8. The van der Waals surface area contributed by atoms with E-state index in [-0.39, 0.29) is 6.17 Å². The van der Waals surface area contributed by atoms with Gasteiger partial charge in [-0.3, -0.25) is 0 Å². The monoisotopic (exact) mass is 680 g/mol. The fourth-order valence-corrected chi connectivity index (χ4v) is 8.66. The summed E-state index contributed by atoms with van der Waals surface area (Å²) in [6.07, 6.45) is 1.67. The van der Waals surface area contributed by atoms with Gasteiger partial charge in [0.15, 0.2) is 5.84 Å². The molecule has 2 aliphatic heterocycles. The maximum atomic E-state index is 6.70. The Morgan fingerprint density at radius 2 is 1.15 bits per heavy atom. The number of aromatic amines is 1. The number of benzene rings is 7. The highest BCUT2D eigenvalue weighted by Crippen LogP contribution is 2.62. The SMILES string of the molecule is c1ccc(C2N=C(c3ccc(-c4cccc5cc[nH]c45)cc3)N=C(c3ccc4c(c3)C3(c5ccccc5O4)c4ccccc4-c4ccccc43)N2)cc1. The van der Waals surface area contributed by atoms with Gasteiger partial charge in [-0.15, -0.1) is 0 Å². The van der Waals surface area contributed by atoms with E-state index in [0.717, 1.165) is 56.2 Å². The van der Waals surface area contributed by atoms with Crippen molar-refractivity contribution in [3.63, 3.8) is 0 Å². The molecular formula is C48H32N4O. The van der Waals surface area contributed by atoms with Crippen molar-refractivity contribution in [2.45, 2.75) is 11.6 Å². The number of fused-ring (bicyclic) bond motifs is 10. The van der Waals surface area contributed by atoms with Gasteiger partial charge in [0.2, 0.25) is 0 Å². The Bertz CT molecular complexity index is 2750. The topological polar surface area (TPSA) is 61.8 Å². The van der Waals surface area contributed by atoms with Crippen molar-refractivity contribution in [3.8, 4) is 33.8 Å². The van der Waals surface area contributed by atoms with Gasteiger partial charge in [0, 0.05) is 34.0 Å². The third-order valence-corrected chi connectivity index (χ3v) is 11.0. The van der Waals surface area contributed by atoms with Gasteiger partial charge in [-0.1, -0.05) is 140 Å². The molecule has 7 aromatic carbocycles. The zero-order chi connectivity index (χ0) is 34.9. The molecule has 1 atom stereocenters. The Morgan fingerprint density at radius 3 is 1.94 bits per heavy atom. The molecule has 8 aromatic rings. The van der Waals surface area contributed by atoms with Crippen LogP contribution in [0.5, 0.6) is 11.5 Å². The van der Waals surface area contributed by atoms with Crippen LogP contribution in [0.25, 0.3) is 33.2 Å². The average Bonchev–Trinajstić information content (AvgIpc) is 3.83. The fraction of sp³-hybridized carbons (Fsp3) is 0.0417. The zero-order valence-corrected chi connectivity index (χ0v) is 28.6. The number of ether oxygens (including phenoxy) is 1. The summed E-state index contributed by atoms with van der Waals surface area (Å²) in [5.41, 5.74) is 13.1. The minimum atomic E-state index is -0.559. The van der Waals surface area contributed by atoms with Crippen LogP contribution in [0.2, 0.25) is 0 Å². The summed E-state index contributed by atoms with van der Waals surface area (Å²) < 4.78 is 6.70. The van der Waals surface area contributed by atoms with Gasteiger partial charge < -0.3 is 15.0 Å². The molecule has 1 aliphatic carbocycles. The van der Waals surface area contributed by atoms with Crippen LogP contribution >= 0.6 is 0 Å². The van der Waals surface area contributed by atoms with E-state index in [2.05, 4.69) is 174 Å².